The highest BCUT2D eigenvalue weighted by molar-refractivity contribution is 7.89. The Balaban J connectivity index is 1.63. The molecule has 1 heterocycles. The van der Waals surface area contributed by atoms with Crippen LogP contribution in [-0.2, 0) is 29.7 Å². The number of aryl methyl sites for hydroxylation is 1. The van der Waals surface area contributed by atoms with Crippen LogP contribution in [-0.4, -0.2) is 28.9 Å². The maximum absolute atomic E-state index is 11.8. The van der Waals surface area contributed by atoms with Crippen molar-refractivity contribution in [1.29, 1.82) is 0 Å². The monoisotopic (exact) mass is 454 g/mol. The van der Waals surface area contributed by atoms with Crippen molar-refractivity contribution in [1.82, 2.24) is 14.5 Å². The SMILES string of the molecule is CCCCn1c(CN(Cc2ccc(C(C)C)cc2)C2CC2)nc2cc(S(N)(=O)=O)ccc21. The lowest BCUT2D eigenvalue weighted by Gasteiger charge is -2.23. The lowest BCUT2D eigenvalue weighted by atomic mass is 10.0. The second-order valence-electron chi connectivity index (χ2n) is 9.26. The number of unbranched alkanes of at least 4 members (excludes halogenated alkanes) is 1. The van der Waals surface area contributed by atoms with Gasteiger partial charge in [-0.3, -0.25) is 4.90 Å². The zero-order valence-electron chi connectivity index (χ0n) is 19.3. The Kier molecular flexibility index (Phi) is 6.70. The highest BCUT2D eigenvalue weighted by Crippen LogP contribution is 2.31. The van der Waals surface area contributed by atoms with E-state index in [1.807, 2.05) is 6.07 Å². The van der Waals surface area contributed by atoms with Gasteiger partial charge in [0.05, 0.1) is 22.5 Å². The summed E-state index contributed by atoms with van der Waals surface area (Å²) in [7, 11) is -3.75. The van der Waals surface area contributed by atoms with Crippen molar-refractivity contribution in [3.8, 4) is 0 Å². The maximum Gasteiger partial charge on any atom is 0.238 e. The van der Waals surface area contributed by atoms with Gasteiger partial charge in [-0.2, -0.15) is 0 Å². The van der Waals surface area contributed by atoms with Crippen LogP contribution in [0.5, 0.6) is 0 Å². The van der Waals surface area contributed by atoms with Crippen LogP contribution in [0.25, 0.3) is 11.0 Å². The summed E-state index contributed by atoms with van der Waals surface area (Å²) >= 11 is 0. The van der Waals surface area contributed by atoms with Crippen LogP contribution in [0, 0.1) is 0 Å². The zero-order chi connectivity index (χ0) is 22.9. The second-order valence-corrected chi connectivity index (χ2v) is 10.8. The predicted molar refractivity (Wildman–Crippen MR) is 129 cm³/mol. The third-order valence-corrected chi connectivity index (χ3v) is 7.21. The van der Waals surface area contributed by atoms with Gasteiger partial charge in [0.15, 0.2) is 0 Å². The highest BCUT2D eigenvalue weighted by Gasteiger charge is 2.30. The number of benzene rings is 2. The number of rotatable bonds is 10. The summed E-state index contributed by atoms with van der Waals surface area (Å²) in [6.45, 7) is 9.12. The van der Waals surface area contributed by atoms with E-state index in [9.17, 15) is 8.42 Å². The number of primary sulfonamides is 1. The summed E-state index contributed by atoms with van der Waals surface area (Å²) in [5, 5.41) is 5.35. The molecule has 1 aliphatic carbocycles. The molecule has 7 heteroatoms. The molecule has 0 saturated heterocycles. The molecule has 1 aromatic heterocycles. The number of nitrogens with two attached hydrogens (primary N) is 1. The van der Waals surface area contributed by atoms with Gasteiger partial charge < -0.3 is 4.57 Å². The molecule has 172 valence electrons. The Morgan fingerprint density at radius 3 is 2.44 bits per heavy atom. The molecule has 0 atom stereocenters. The number of fused-ring (bicyclic) bond motifs is 1. The van der Waals surface area contributed by atoms with Gasteiger partial charge in [-0.1, -0.05) is 51.5 Å². The van der Waals surface area contributed by atoms with E-state index in [-0.39, 0.29) is 4.90 Å². The largest absolute Gasteiger partial charge is 0.327 e. The van der Waals surface area contributed by atoms with Gasteiger partial charge >= 0.3 is 0 Å². The molecule has 2 aromatic carbocycles. The van der Waals surface area contributed by atoms with Crippen LogP contribution >= 0.6 is 0 Å². The minimum atomic E-state index is -3.75. The first-order valence-electron chi connectivity index (χ1n) is 11.6. The van der Waals surface area contributed by atoms with Crippen LogP contribution in [0.2, 0.25) is 0 Å². The van der Waals surface area contributed by atoms with Crippen molar-refractivity contribution in [2.45, 2.75) is 82.9 Å². The van der Waals surface area contributed by atoms with E-state index in [0.717, 1.165) is 43.8 Å². The number of aromatic nitrogens is 2. The molecule has 3 aromatic rings. The number of nitrogens with zero attached hydrogens (tertiary/aromatic N) is 3. The average molecular weight is 455 g/mol. The van der Waals surface area contributed by atoms with Gasteiger partial charge in [0, 0.05) is 19.1 Å². The van der Waals surface area contributed by atoms with E-state index in [1.165, 1.54) is 24.0 Å². The standard InChI is InChI=1S/C25H34N4O2S/c1-4-5-14-29-24-13-12-22(32(26,30)31)15-23(24)27-25(29)17-28(21-10-11-21)16-19-6-8-20(9-7-19)18(2)3/h6-9,12-13,15,18,21H,4-5,10-11,14,16-17H2,1-3H3,(H2,26,30,31). The molecule has 1 fully saturated rings. The lowest BCUT2D eigenvalue weighted by Crippen LogP contribution is -2.27. The number of sulfonamides is 1. The average Bonchev–Trinajstić information content (AvgIpc) is 3.54. The Bertz CT molecular complexity index is 1180. The summed E-state index contributed by atoms with van der Waals surface area (Å²) in [6.07, 6.45) is 4.57. The molecular formula is C25H34N4O2S. The summed E-state index contributed by atoms with van der Waals surface area (Å²) < 4.78 is 25.9. The quantitative estimate of drug-likeness (QED) is 0.478. The Morgan fingerprint density at radius 1 is 1.12 bits per heavy atom. The third kappa shape index (κ3) is 5.22. The Hall–Kier alpha value is -2.22. The molecule has 4 rings (SSSR count). The molecule has 0 amide bonds. The van der Waals surface area contributed by atoms with Gasteiger partial charge in [-0.05, 0) is 54.5 Å². The molecule has 1 saturated carbocycles. The van der Waals surface area contributed by atoms with Crippen LogP contribution in [0.4, 0.5) is 0 Å². The Labute approximate surface area is 191 Å². The van der Waals surface area contributed by atoms with Crippen molar-refractivity contribution < 1.29 is 8.42 Å². The van der Waals surface area contributed by atoms with Crippen molar-refractivity contribution >= 4 is 21.1 Å². The van der Waals surface area contributed by atoms with Gasteiger partial charge in [0.2, 0.25) is 10.0 Å². The van der Waals surface area contributed by atoms with E-state index in [2.05, 4.69) is 54.5 Å². The number of hydrogen-bond donors (Lipinski definition) is 1. The van der Waals surface area contributed by atoms with Crippen molar-refractivity contribution in [3.63, 3.8) is 0 Å². The van der Waals surface area contributed by atoms with Crippen LogP contribution in [0.15, 0.2) is 47.4 Å². The predicted octanol–water partition coefficient (Wildman–Crippen LogP) is 4.77. The fourth-order valence-corrected chi connectivity index (χ4v) is 4.73. The zero-order valence-corrected chi connectivity index (χ0v) is 20.1. The first-order chi connectivity index (χ1) is 15.3. The topological polar surface area (TPSA) is 81.2 Å². The minimum Gasteiger partial charge on any atom is -0.327 e. The molecule has 2 N–H and O–H groups in total. The normalized spacial score (nSPS) is 14.7. The van der Waals surface area contributed by atoms with Crippen molar-refractivity contribution in [3.05, 3.63) is 59.4 Å². The van der Waals surface area contributed by atoms with Crippen LogP contribution in [0.1, 0.15) is 69.3 Å². The molecule has 0 radical (unpaired) electrons. The maximum atomic E-state index is 11.8. The third-order valence-electron chi connectivity index (χ3n) is 6.30. The second kappa shape index (κ2) is 9.33. The van der Waals surface area contributed by atoms with Crippen LogP contribution < -0.4 is 5.14 Å². The van der Waals surface area contributed by atoms with E-state index < -0.39 is 10.0 Å². The molecule has 0 spiro atoms. The van der Waals surface area contributed by atoms with E-state index in [0.29, 0.717) is 17.5 Å². The van der Waals surface area contributed by atoms with Crippen molar-refractivity contribution in [2.75, 3.05) is 0 Å². The summed E-state index contributed by atoms with van der Waals surface area (Å²) in [6, 6.07) is 14.6. The van der Waals surface area contributed by atoms with Crippen molar-refractivity contribution in [2.24, 2.45) is 5.14 Å². The molecule has 6 nitrogen and oxygen atoms in total. The fourth-order valence-electron chi connectivity index (χ4n) is 4.20. The summed E-state index contributed by atoms with van der Waals surface area (Å²) in [4.78, 5) is 7.49. The minimum absolute atomic E-state index is 0.112. The first kappa shape index (κ1) is 23.0. The van der Waals surface area contributed by atoms with Gasteiger partial charge in [0.25, 0.3) is 0 Å². The molecule has 32 heavy (non-hydrogen) atoms. The van der Waals surface area contributed by atoms with Crippen LogP contribution in [0.3, 0.4) is 0 Å². The highest BCUT2D eigenvalue weighted by atomic mass is 32.2. The Morgan fingerprint density at radius 2 is 1.84 bits per heavy atom. The van der Waals surface area contributed by atoms with E-state index in [4.69, 9.17) is 10.1 Å². The smallest absolute Gasteiger partial charge is 0.238 e. The fraction of sp³-hybridized carbons (Fsp3) is 0.480. The molecule has 0 unspecified atom stereocenters. The van der Waals surface area contributed by atoms with Gasteiger partial charge in [0.1, 0.15) is 5.82 Å². The lowest BCUT2D eigenvalue weighted by molar-refractivity contribution is 0.236. The number of hydrogen-bond acceptors (Lipinski definition) is 4. The number of imidazole rings is 1. The van der Waals surface area contributed by atoms with Gasteiger partial charge in [-0.15, -0.1) is 0 Å². The first-order valence-corrected chi connectivity index (χ1v) is 13.2. The summed E-state index contributed by atoms with van der Waals surface area (Å²) in [5.74, 6) is 1.52. The molecule has 0 aliphatic heterocycles. The molecular weight excluding hydrogens is 420 g/mol. The molecule has 1 aliphatic rings. The molecule has 0 bridgehead atoms. The summed E-state index contributed by atoms with van der Waals surface area (Å²) in [5.41, 5.74) is 4.34. The van der Waals surface area contributed by atoms with Gasteiger partial charge in [-0.25, -0.2) is 18.5 Å². The van der Waals surface area contributed by atoms with E-state index in [1.54, 1.807) is 12.1 Å². The van der Waals surface area contributed by atoms with E-state index >= 15 is 0 Å².